The number of esters is 1. The average molecular weight is 559 g/mol. The van der Waals surface area contributed by atoms with E-state index in [1.807, 2.05) is 50.2 Å². The molecule has 0 radical (unpaired) electrons. The van der Waals surface area contributed by atoms with Crippen LogP contribution in [0.1, 0.15) is 46.5 Å². The SMILES string of the molecule is CCCOc1cccc(C2C(C#N)=C(N)Oc3cc(OC(=O)c4oc5cc(Br)ccc5c4C)ccc32)c1. The number of halogens is 1. The van der Waals surface area contributed by atoms with Crippen molar-refractivity contribution in [3.8, 4) is 23.3 Å². The van der Waals surface area contributed by atoms with E-state index in [-0.39, 0.29) is 17.4 Å². The quantitative estimate of drug-likeness (QED) is 0.206. The lowest BCUT2D eigenvalue weighted by molar-refractivity contribution is 0.0702. The number of allylic oxidation sites excluding steroid dienone is 1. The van der Waals surface area contributed by atoms with Crippen molar-refractivity contribution in [2.45, 2.75) is 26.2 Å². The molecule has 1 aromatic heterocycles. The van der Waals surface area contributed by atoms with Crippen molar-refractivity contribution in [1.29, 1.82) is 5.26 Å². The number of fused-ring (bicyclic) bond motifs is 2. The Bertz CT molecular complexity index is 1600. The molecule has 4 aromatic rings. The van der Waals surface area contributed by atoms with Crippen LogP contribution in [0.4, 0.5) is 0 Å². The lowest BCUT2D eigenvalue weighted by atomic mass is 9.83. The van der Waals surface area contributed by atoms with Gasteiger partial charge in [0.05, 0.1) is 12.5 Å². The maximum atomic E-state index is 13.0. The molecule has 2 heterocycles. The highest BCUT2D eigenvalue weighted by molar-refractivity contribution is 9.10. The fraction of sp³-hybridized carbons (Fsp3) is 0.172. The first-order chi connectivity index (χ1) is 17.9. The number of nitrogens with zero attached hydrogens (tertiary/aromatic N) is 1. The molecule has 0 aliphatic carbocycles. The van der Waals surface area contributed by atoms with Crippen LogP contribution < -0.4 is 19.9 Å². The summed E-state index contributed by atoms with van der Waals surface area (Å²) >= 11 is 3.41. The molecule has 1 atom stereocenters. The summed E-state index contributed by atoms with van der Waals surface area (Å²) in [5, 5.41) is 10.7. The highest BCUT2D eigenvalue weighted by atomic mass is 79.9. The number of carbonyl (C=O) groups is 1. The minimum Gasteiger partial charge on any atom is -0.494 e. The van der Waals surface area contributed by atoms with Gasteiger partial charge in [0.2, 0.25) is 11.6 Å². The van der Waals surface area contributed by atoms with Crippen LogP contribution in [0.25, 0.3) is 11.0 Å². The Morgan fingerprint density at radius 2 is 1.97 bits per heavy atom. The first-order valence-electron chi connectivity index (χ1n) is 11.7. The number of rotatable bonds is 6. The topological polar surface area (TPSA) is 108 Å². The number of aryl methyl sites for hydroxylation is 1. The molecule has 37 heavy (non-hydrogen) atoms. The lowest BCUT2D eigenvalue weighted by Crippen LogP contribution is -2.21. The number of hydrogen-bond donors (Lipinski definition) is 1. The summed E-state index contributed by atoms with van der Waals surface area (Å²) in [7, 11) is 0. The number of carbonyl (C=O) groups excluding carboxylic acids is 1. The summed E-state index contributed by atoms with van der Waals surface area (Å²) in [6.07, 6.45) is 0.882. The van der Waals surface area contributed by atoms with Crippen molar-refractivity contribution in [3.63, 3.8) is 0 Å². The van der Waals surface area contributed by atoms with E-state index in [2.05, 4.69) is 22.0 Å². The molecular weight excluding hydrogens is 536 g/mol. The molecule has 1 unspecified atom stereocenters. The molecule has 0 spiro atoms. The number of benzene rings is 3. The van der Waals surface area contributed by atoms with Crippen LogP contribution in [0.15, 0.2) is 81.0 Å². The number of nitriles is 1. The number of ether oxygens (including phenoxy) is 3. The van der Waals surface area contributed by atoms with Gasteiger partial charge in [-0.15, -0.1) is 0 Å². The second kappa shape index (κ2) is 10.0. The van der Waals surface area contributed by atoms with Gasteiger partial charge in [-0.05, 0) is 55.3 Å². The van der Waals surface area contributed by atoms with Gasteiger partial charge in [-0.2, -0.15) is 5.26 Å². The van der Waals surface area contributed by atoms with Crippen molar-refractivity contribution in [2.24, 2.45) is 5.73 Å². The minimum atomic E-state index is -0.626. The molecule has 0 bridgehead atoms. The van der Waals surface area contributed by atoms with Crippen molar-refractivity contribution in [3.05, 3.63) is 99.0 Å². The first kappa shape index (κ1) is 24.5. The van der Waals surface area contributed by atoms with E-state index >= 15 is 0 Å². The Labute approximate surface area is 222 Å². The molecule has 7 nitrogen and oxygen atoms in total. The maximum Gasteiger partial charge on any atom is 0.379 e. The van der Waals surface area contributed by atoms with E-state index < -0.39 is 11.9 Å². The van der Waals surface area contributed by atoms with Crippen LogP contribution in [0.3, 0.4) is 0 Å². The first-order valence-corrected chi connectivity index (χ1v) is 12.5. The lowest BCUT2D eigenvalue weighted by Gasteiger charge is -2.27. The molecule has 0 amide bonds. The molecule has 3 aromatic carbocycles. The highest BCUT2D eigenvalue weighted by Gasteiger charge is 2.31. The van der Waals surface area contributed by atoms with Crippen LogP contribution >= 0.6 is 15.9 Å². The van der Waals surface area contributed by atoms with Gasteiger partial charge in [0.25, 0.3) is 0 Å². The van der Waals surface area contributed by atoms with Gasteiger partial charge in [0.1, 0.15) is 34.5 Å². The van der Waals surface area contributed by atoms with Crippen LogP contribution in [-0.4, -0.2) is 12.6 Å². The van der Waals surface area contributed by atoms with Crippen LogP contribution in [0.5, 0.6) is 17.2 Å². The van der Waals surface area contributed by atoms with Gasteiger partial charge in [0, 0.05) is 27.1 Å². The Morgan fingerprint density at radius 1 is 1.14 bits per heavy atom. The summed E-state index contributed by atoms with van der Waals surface area (Å²) in [6, 6.07) is 20.3. The van der Waals surface area contributed by atoms with Gasteiger partial charge in [-0.3, -0.25) is 0 Å². The maximum absolute atomic E-state index is 13.0. The summed E-state index contributed by atoms with van der Waals surface area (Å²) in [4.78, 5) is 13.0. The van der Waals surface area contributed by atoms with Crippen LogP contribution in [0, 0.1) is 18.3 Å². The van der Waals surface area contributed by atoms with E-state index in [1.165, 1.54) is 0 Å². The summed E-state index contributed by atoms with van der Waals surface area (Å²) < 4.78 is 23.8. The van der Waals surface area contributed by atoms with Crippen molar-refractivity contribution in [2.75, 3.05) is 6.61 Å². The average Bonchev–Trinajstić information content (AvgIpc) is 3.22. The monoisotopic (exact) mass is 558 g/mol. The van der Waals surface area contributed by atoms with Gasteiger partial charge in [-0.1, -0.05) is 41.1 Å². The number of furan rings is 1. The van der Waals surface area contributed by atoms with E-state index in [4.69, 9.17) is 24.4 Å². The molecule has 2 N–H and O–H groups in total. The van der Waals surface area contributed by atoms with Crippen molar-refractivity contribution < 1.29 is 23.4 Å². The van der Waals surface area contributed by atoms with Gasteiger partial charge in [-0.25, -0.2) is 4.79 Å². The smallest absolute Gasteiger partial charge is 0.379 e. The van der Waals surface area contributed by atoms with Gasteiger partial charge in [0.15, 0.2) is 0 Å². The fourth-order valence-corrected chi connectivity index (χ4v) is 4.73. The Morgan fingerprint density at radius 3 is 2.76 bits per heavy atom. The van der Waals surface area contributed by atoms with E-state index in [1.54, 1.807) is 24.3 Å². The molecule has 0 saturated carbocycles. The van der Waals surface area contributed by atoms with Crippen LogP contribution in [0.2, 0.25) is 0 Å². The molecule has 1 aliphatic rings. The predicted molar refractivity (Wildman–Crippen MR) is 142 cm³/mol. The third kappa shape index (κ3) is 4.66. The standard InChI is InChI=1S/C29H23BrN2O5/c1-3-11-34-19-6-4-5-17(12-19)26-22-10-8-20(14-25(22)37-28(32)23(26)15-31)35-29(33)27-16(2)21-9-7-18(30)13-24(21)36-27/h4-10,12-14,26H,3,11,32H2,1-2H3. The zero-order chi connectivity index (χ0) is 26.1. The Kier molecular flexibility index (Phi) is 6.64. The van der Waals surface area contributed by atoms with Gasteiger partial charge < -0.3 is 24.4 Å². The van der Waals surface area contributed by atoms with E-state index in [0.29, 0.717) is 34.8 Å². The predicted octanol–water partition coefficient (Wildman–Crippen LogP) is 6.73. The number of nitrogens with two attached hydrogens (primary N) is 1. The van der Waals surface area contributed by atoms with Crippen molar-refractivity contribution in [1.82, 2.24) is 0 Å². The molecule has 8 heteroatoms. The summed E-state index contributed by atoms with van der Waals surface area (Å²) in [6.45, 7) is 4.44. The van der Waals surface area contributed by atoms with E-state index in [9.17, 15) is 10.1 Å². The zero-order valence-electron chi connectivity index (χ0n) is 20.2. The Hall–Kier alpha value is -4.22. The third-order valence-corrected chi connectivity index (χ3v) is 6.64. The van der Waals surface area contributed by atoms with Crippen LogP contribution in [-0.2, 0) is 0 Å². The molecule has 186 valence electrons. The largest absolute Gasteiger partial charge is 0.494 e. The van der Waals surface area contributed by atoms with Crippen molar-refractivity contribution >= 4 is 32.9 Å². The molecule has 1 aliphatic heterocycles. The van der Waals surface area contributed by atoms with Gasteiger partial charge >= 0.3 is 5.97 Å². The minimum absolute atomic E-state index is 0.00191. The summed E-state index contributed by atoms with van der Waals surface area (Å²) in [5.41, 5.74) is 9.29. The zero-order valence-corrected chi connectivity index (χ0v) is 21.8. The van der Waals surface area contributed by atoms with E-state index in [0.717, 1.165) is 27.4 Å². The second-order valence-electron chi connectivity index (χ2n) is 8.63. The fourth-order valence-electron chi connectivity index (χ4n) is 4.39. The molecule has 0 saturated heterocycles. The molecule has 0 fully saturated rings. The Balaban J connectivity index is 1.47. The second-order valence-corrected chi connectivity index (χ2v) is 9.55. The molecule has 5 rings (SSSR count). The normalized spacial score (nSPS) is 14.6. The summed E-state index contributed by atoms with van der Waals surface area (Å²) in [5.74, 6) is 0.413. The molecular formula is C29H23BrN2O5. The number of hydrogen-bond acceptors (Lipinski definition) is 7. The third-order valence-electron chi connectivity index (χ3n) is 6.15. The highest BCUT2D eigenvalue weighted by Crippen LogP contribution is 2.44.